The zero-order valence-electron chi connectivity index (χ0n) is 14.3. The van der Waals surface area contributed by atoms with Crippen LogP contribution in [0.15, 0.2) is 18.2 Å². The van der Waals surface area contributed by atoms with Crippen LogP contribution in [0.2, 0.25) is 0 Å². The van der Waals surface area contributed by atoms with Gasteiger partial charge in [0, 0.05) is 18.2 Å². The lowest BCUT2D eigenvalue weighted by Gasteiger charge is -2.37. The van der Waals surface area contributed by atoms with Gasteiger partial charge in [0.15, 0.2) is 0 Å². The molecule has 0 bridgehead atoms. The number of hydrogen-bond donors (Lipinski definition) is 1. The lowest BCUT2D eigenvalue weighted by molar-refractivity contribution is -0.148. The highest BCUT2D eigenvalue weighted by atomic mass is 19.1. The second-order valence-electron chi connectivity index (χ2n) is 6.79. The van der Waals surface area contributed by atoms with E-state index in [-0.39, 0.29) is 30.4 Å². The smallest absolute Gasteiger partial charge is 0.308 e. The van der Waals surface area contributed by atoms with Crippen LogP contribution in [-0.2, 0) is 16.1 Å². The Hall–Kier alpha value is -1.62. The fourth-order valence-electron chi connectivity index (χ4n) is 2.56. The van der Waals surface area contributed by atoms with Crippen LogP contribution >= 0.6 is 0 Å². The summed E-state index contributed by atoms with van der Waals surface area (Å²) in [5.41, 5.74) is 0.602. The summed E-state index contributed by atoms with van der Waals surface area (Å²) in [5, 5.41) is 3.45. The predicted octanol–water partition coefficient (Wildman–Crippen LogP) is 3.43. The van der Waals surface area contributed by atoms with E-state index < -0.39 is 0 Å². The largest absolute Gasteiger partial charge is 0.490 e. The standard InChI is InChI=1S/C18H26FNO3/c1-11(2)18(21)22-10-13-5-14(19)7-16(6-13)23-17-8-15(9-17)20-12(3)4/h5-7,11-12,15,17,20H,8-10H2,1-4H3/t15-,17+. The molecule has 128 valence electrons. The molecule has 1 aromatic carbocycles. The molecule has 0 aliphatic heterocycles. The molecule has 1 saturated carbocycles. The van der Waals surface area contributed by atoms with Crippen LogP contribution < -0.4 is 10.1 Å². The summed E-state index contributed by atoms with van der Waals surface area (Å²) in [6.07, 6.45) is 1.96. The second-order valence-corrected chi connectivity index (χ2v) is 6.79. The maximum absolute atomic E-state index is 13.7. The van der Waals surface area contributed by atoms with Crippen LogP contribution in [-0.4, -0.2) is 24.2 Å². The number of halogens is 1. The van der Waals surface area contributed by atoms with Crippen molar-refractivity contribution in [2.24, 2.45) is 5.92 Å². The van der Waals surface area contributed by atoms with Gasteiger partial charge in [0.2, 0.25) is 0 Å². The lowest BCUT2D eigenvalue weighted by atomic mass is 9.88. The molecule has 0 radical (unpaired) electrons. The molecule has 0 atom stereocenters. The summed E-state index contributed by atoms with van der Waals surface area (Å²) >= 11 is 0. The van der Waals surface area contributed by atoms with E-state index in [0.717, 1.165) is 12.8 Å². The molecule has 1 aliphatic carbocycles. The molecule has 23 heavy (non-hydrogen) atoms. The molecule has 0 spiro atoms. The van der Waals surface area contributed by atoms with Crippen molar-refractivity contribution in [3.63, 3.8) is 0 Å². The van der Waals surface area contributed by atoms with E-state index in [9.17, 15) is 9.18 Å². The average Bonchev–Trinajstić information content (AvgIpc) is 2.41. The number of carbonyl (C=O) groups is 1. The molecule has 0 amide bonds. The fraction of sp³-hybridized carbons (Fsp3) is 0.611. The third kappa shape index (κ3) is 5.50. The molecular weight excluding hydrogens is 297 g/mol. The minimum absolute atomic E-state index is 0.0628. The van der Waals surface area contributed by atoms with E-state index in [1.807, 2.05) is 0 Å². The first-order valence-electron chi connectivity index (χ1n) is 8.22. The molecule has 0 aromatic heterocycles. The summed E-state index contributed by atoms with van der Waals surface area (Å²) in [4.78, 5) is 11.5. The maximum Gasteiger partial charge on any atom is 0.308 e. The summed E-state index contributed by atoms with van der Waals surface area (Å²) < 4.78 is 24.7. The van der Waals surface area contributed by atoms with E-state index in [4.69, 9.17) is 9.47 Å². The zero-order valence-corrected chi connectivity index (χ0v) is 14.3. The SMILES string of the molecule is CC(C)N[C@H]1C[C@@H](Oc2cc(F)cc(COC(=O)C(C)C)c2)C1. The Morgan fingerprint density at radius 1 is 1.26 bits per heavy atom. The predicted molar refractivity (Wildman–Crippen MR) is 86.7 cm³/mol. The summed E-state index contributed by atoms with van der Waals surface area (Å²) in [5.74, 6) is -0.374. The Balaban J connectivity index is 1.87. The Morgan fingerprint density at radius 3 is 2.57 bits per heavy atom. The number of benzene rings is 1. The van der Waals surface area contributed by atoms with Gasteiger partial charge in [-0.05, 0) is 30.5 Å². The van der Waals surface area contributed by atoms with Crippen molar-refractivity contribution in [1.29, 1.82) is 0 Å². The number of esters is 1. The molecule has 1 fully saturated rings. The first-order chi connectivity index (χ1) is 10.8. The van der Waals surface area contributed by atoms with Crippen molar-refractivity contribution < 1.29 is 18.7 Å². The van der Waals surface area contributed by atoms with Crippen LogP contribution in [0.25, 0.3) is 0 Å². The van der Waals surface area contributed by atoms with Crippen molar-refractivity contribution in [3.8, 4) is 5.75 Å². The second kappa shape index (κ2) is 7.77. The van der Waals surface area contributed by atoms with Crippen molar-refractivity contribution in [1.82, 2.24) is 5.32 Å². The van der Waals surface area contributed by atoms with Gasteiger partial charge >= 0.3 is 5.97 Å². The van der Waals surface area contributed by atoms with E-state index in [1.54, 1.807) is 19.9 Å². The van der Waals surface area contributed by atoms with Gasteiger partial charge in [0.1, 0.15) is 24.3 Å². The molecule has 1 N–H and O–H groups in total. The van der Waals surface area contributed by atoms with E-state index in [0.29, 0.717) is 23.4 Å². The van der Waals surface area contributed by atoms with Gasteiger partial charge in [0.05, 0.1) is 5.92 Å². The monoisotopic (exact) mass is 323 g/mol. The van der Waals surface area contributed by atoms with Gasteiger partial charge in [-0.1, -0.05) is 27.7 Å². The highest BCUT2D eigenvalue weighted by Gasteiger charge is 2.31. The van der Waals surface area contributed by atoms with Crippen LogP contribution in [0, 0.1) is 11.7 Å². The van der Waals surface area contributed by atoms with Crippen molar-refractivity contribution in [3.05, 3.63) is 29.6 Å². The molecular formula is C18H26FNO3. The molecule has 2 rings (SSSR count). The highest BCUT2D eigenvalue weighted by Crippen LogP contribution is 2.27. The number of nitrogens with one attached hydrogen (secondary N) is 1. The Bertz CT molecular complexity index is 539. The summed E-state index contributed by atoms with van der Waals surface area (Å²) in [6.45, 7) is 7.83. The van der Waals surface area contributed by atoms with Crippen molar-refractivity contribution in [2.45, 2.75) is 65.3 Å². The van der Waals surface area contributed by atoms with E-state index >= 15 is 0 Å². The van der Waals surface area contributed by atoms with E-state index in [1.165, 1.54) is 12.1 Å². The maximum atomic E-state index is 13.7. The molecule has 0 saturated heterocycles. The minimum Gasteiger partial charge on any atom is -0.490 e. The highest BCUT2D eigenvalue weighted by molar-refractivity contribution is 5.71. The Kier molecular flexibility index (Phi) is 5.99. The normalized spacial score (nSPS) is 20.5. The number of ether oxygens (including phenoxy) is 2. The van der Waals surface area contributed by atoms with Gasteiger partial charge in [-0.15, -0.1) is 0 Å². The van der Waals surface area contributed by atoms with Crippen molar-refractivity contribution in [2.75, 3.05) is 0 Å². The summed E-state index contributed by atoms with van der Waals surface area (Å²) in [7, 11) is 0. The van der Waals surface area contributed by atoms with Gasteiger partial charge < -0.3 is 14.8 Å². The number of rotatable bonds is 7. The number of carbonyl (C=O) groups excluding carboxylic acids is 1. The van der Waals surface area contributed by atoms with Gasteiger partial charge in [-0.25, -0.2) is 4.39 Å². The zero-order chi connectivity index (χ0) is 17.0. The first kappa shape index (κ1) is 17.7. The molecule has 1 aromatic rings. The van der Waals surface area contributed by atoms with Crippen LogP contribution in [0.5, 0.6) is 5.75 Å². The molecule has 1 aliphatic rings. The first-order valence-corrected chi connectivity index (χ1v) is 8.22. The van der Waals surface area contributed by atoms with Crippen LogP contribution in [0.4, 0.5) is 4.39 Å². The van der Waals surface area contributed by atoms with Crippen LogP contribution in [0.3, 0.4) is 0 Å². The van der Waals surface area contributed by atoms with Crippen LogP contribution in [0.1, 0.15) is 46.1 Å². The fourth-order valence-corrected chi connectivity index (χ4v) is 2.56. The summed E-state index contributed by atoms with van der Waals surface area (Å²) in [6, 6.07) is 5.40. The van der Waals surface area contributed by atoms with E-state index in [2.05, 4.69) is 19.2 Å². The molecule has 5 heteroatoms. The number of hydrogen-bond acceptors (Lipinski definition) is 4. The molecule has 0 unspecified atom stereocenters. The lowest BCUT2D eigenvalue weighted by Crippen LogP contribution is -2.49. The third-order valence-corrected chi connectivity index (χ3v) is 3.75. The van der Waals surface area contributed by atoms with Crippen molar-refractivity contribution >= 4 is 5.97 Å². The topological polar surface area (TPSA) is 47.6 Å². The quantitative estimate of drug-likeness (QED) is 0.781. The minimum atomic E-state index is -0.380. The Morgan fingerprint density at radius 2 is 1.96 bits per heavy atom. The van der Waals surface area contributed by atoms with Gasteiger partial charge in [-0.2, -0.15) is 0 Å². The Labute approximate surface area is 137 Å². The van der Waals surface area contributed by atoms with Gasteiger partial charge in [-0.3, -0.25) is 4.79 Å². The average molecular weight is 323 g/mol. The third-order valence-electron chi connectivity index (χ3n) is 3.75. The van der Waals surface area contributed by atoms with Gasteiger partial charge in [0.25, 0.3) is 0 Å². The molecule has 0 heterocycles. The molecule has 4 nitrogen and oxygen atoms in total.